The van der Waals surface area contributed by atoms with Crippen LogP contribution in [0.1, 0.15) is 67.1 Å². The van der Waals surface area contributed by atoms with E-state index < -0.39 is 53.7 Å². The molecular formula is C43H59N12O12S+. The van der Waals surface area contributed by atoms with Gasteiger partial charge in [-0.2, -0.15) is 5.10 Å². The average Bonchev–Trinajstić information content (AvgIpc) is 4.07. The third-order valence-corrected chi connectivity index (χ3v) is 12.9. The highest BCUT2D eigenvalue weighted by Gasteiger charge is 2.47. The third-order valence-electron chi connectivity index (χ3n) is 10.7. The number of aliphatic carboxylic acids is 1. The summed E-state index contributed by atoms with van der Waals surface area (Å²) in [5, 5.41) is 42.2. The van der Waals surface area contributed by atoms with Crippen LogP contribution in [0.25, 0.3) is 21.6 Å². The topological polar surface area (TPSA) is 333 Å². The second kappa shape index (κ2) is 29.1. The van der Waals surface area contributed by atoms with Gasteiger partial charge in [0, 0.05) is 60.3 Å². The molecule has 68 heavy (non-hydrogen) atoms. The zero-order chi connectivity index (χ0) is 48.5. The van der Waals surface area contributed by atoms with Crippen LogP contribution in [0.5, 0.6) is 0 Å². The van der Waals surface area contributed by atoms with Crippen LogP contribution < -0.4 is 21.4 Å². The summed E-state index contributed by atoms with van der Waals surface area (Å²) in [6, 6.07) is 5.98. The van der Waals surface area contributed by atoms with Crippen molar-refractivity contribution in [3.05, 3.63) is 58.5 Å². The third kappa shape index (κ3) is 16.7. The van der Waals surface area contributed by atoms with E-state index in [1.165, 1.54) is 23.4 Å². The molecule has 2 aromatic heterocycles. The van der Waals surface area contributed by atoms with E-state index in [-0.39, 0.29) is 24.8 Å². The number of nitrogens with two attached hydrogens (primary N) is 1. The molecule has 2 aliphatic heterocycles. The Morgan fingerprint density at radius 2 is 1.81 bits per heavy atom. The lowest BCUT2D eigenvalue weighted by Gasteiger charge is -2.22. The number of imidazole rings is 1. The van der Waals surface area contributed by atoms with Crippen molar-refractivity contribution in [1.29, 1.82) is 0 Å². The zero-order valence-corrected chi connectivity index (χ0v) is 38.4. The molecule has 0 spiro atoms. The molecule has 2 fully saturated rings. The number of benzene rings is 1. The number of hydrogen-bond donors (Lipinski definition) is 6. The minimum Gasteiger partial charge on any atom is -0.480 e. The number of aromatic nitrogens is 4. The quantitative estimate of drug-likeness (QED) is 0.00513. The van der Waals surface area contributed by atoms with Gasteiger partial charge in [0.2, 0.25) is 5.91 Å². The van der Waals surface area contributed by atoms with Crippen LogP contribution in [0.3, 0.4) is 0 Å². The summed E-state index contributed by atoms with van der Waals surface area (Å²) in [4.78, 5) is 65.1. The van der Waals surface area contributed by atoms with Crippen LogP contribution in [-0.4, -0.2) is 172 Å². The second-order valence-electron chi connectivity index (χ2n) is 15.5. The number of carbonyl (C=O) groups is 4. The second-order valence-corrected chi connectivity index (χ2v) is 17.7. The fraction of sp³-hybridized carbons (Fsp3) is 0.581. The summed E-state index contributed by atoms with van der Waals surface area (Å²) >= 11 is 0. The number of carboxylic acids is 1. The smallest absolute Gasteiger partial charge is 0.326 e. The number of nitrogens with one attached hydrogen (secondary N) is 2. The molecule has 0 saturated carbocycles. The minimum absolute atomic E-state index is 0.241. The molecule has 368 valence electrons. The highest BCUT2D eigenvalue weighted by molar-refractivity contribution is 7.97. The van der Waals surface area contributed by atoms with Crippen LogP contribution in [0.2, 0.25) is 0 Å². The molecule has 7 N–H and O–H groups in total. The number of fused-ring (bicyclic) bond motifs is 1. The van der Waals surface area contributed by atoms with Crippen molar-refractivity contribution in [2.75, 3.05) is 81.4 Å². The van der Waals surface area contributed by atoms with Gasteiger partial charge in [0.1, 0.15) is 42.2 Å². The summed E-state index contributed by atoms with van der Waals surface area (Å²) in [6.45, 7) is 3.56. The molecule has 5 rings (SSSR count). The van der Waals surface area contributed by atoms with Crippen LogP contribution in [0, 0.1) is 11.8 Å². The van der Waals surface area contributed by atoms with Gasteiger partial charge in [-0.15, -0.1) is 0 Å². The van der Waals surface area contributed by atoms with Crippen LogP contribution in [0.15, 0.2) is 47.1 Å². The molecule has 25 heteroatoms. The molecule has 3 unspecified atom stereocenters. The van der Waals surface area contributed by atoms with Crippen molar-refractivity contribution in [2.24, 2.45) is 15.9 Å². The fourth-order valence-corrected chi connectivity index (χ4v) is 9.25. The lowest BCUT2D eigenvalue weighted by atomic mass is 10.1. The predicted molar refractivity (Wildman–Crippen MR) is 248 cm³/mol. The highest BCUT2D eigenvalue weighted by atomic mass is 32.2. The molecule has 0 bridgehead atoms. The van der Waals surface area contributed by atoms with E-state index in [9.17, 15) is 34.5 Å². The van der Waals surface area contributed by atoms with Gasteiger partial charge in [0.15, 0.2) is 35.2 Å². The van der Waals surface area contributed by atoms with Gasteiger partial charge < -0.3 is 49.2 Å². The summed E-state index contributed by atoms with van der Waals surface area (Å²) in [6.07, 6.45) is 2.50. The number of rotatable bonds is 30. The number of azide groups is 1. The largest absolute Gasteiger partial charge is 0.480 e. The monoisotopic (exact) mass is 967 g/mol. The Morgan fingerprint density at radius 3 is 2.56 bits per heavy atom. The maximum Gasteiger partial charge on any atom is 0.326 e. The van der Waals surface area contributed by atoms with Crippen molar-refractivity contribution < 1.29 is 58.2 Å². The first-order valence-electron chi connectivity index (χ1n) is 22.2. The molecule has 1 aromatic carbocycles. The first-order valence-corrected chi connectivity index (χ1v) is 23.9. The molecule has 2 saturated heterocycles. The van der Waals surface area contributed by atoms with Gasteiger partial charge in [-0.05, 0) is 54.8 Å². The Bertz CT molecular complexity index is 2220. The molecule has 4 heterocycles. The number of hydrogen-bond acceptors (Lipinski definition) is 18. The number of hydrazone groups is 1. The molecule has 0 radical (unpaired) electrons. The van der Waals surface area contributed by atoms with Gasteiger partial charge in [0.25, 0.3) is 12.4 Å². The highest BCUT2D eigenvalue weighted by Crippen LogP contribution is 2.35. The maximum atomic E-state index is 12.5. The molecule has 0 aliphatic carbocycles. The standard InChI is InChI=1S/C43H58N12O12S/c44-34(66-29-56)13-24-68(26-33-37(58)38(59)42(67-33)55-28-49-36-39(47-27-48-40(36)55)54-16-6-7-32(54)43(61)62)23-5-3-1-2-4-8-35(57)52-51-25-30-9-11-31(12-10-30)41(60)46-14-17-63-19-21-65-22-20-64-18-15-50-53-45/h9-12,25,27-29,32-34,37-38,42,58-59H,1-2,4,6-8,13-24,26,44H2,(H2-,46,52,57,60,61,62)/p+1/t32-,33+,34?,37?,38-,42+,68?/m0/s1. The molecular weight excluding hydrogens is 909 g/mol. The van der Waals surface area contributed by atoms with Gasteiger partial charge >= 0.3 is 5.97 Å². The number of carboxylic acid groups (broad SMARTS) is 1. The lowest BCUT2D eigenvalue weighted by Crippen LogP contribution is -2.37. The zero-order valence-electron chi connectivity index (χ0n) is 37.5. The number of aliphatic hydroxyl groups excluding tert-OH is 2. The van der Waals surface area contributed by atoms with Crippen LogP contribution >= 0.6 is 0 Å². The van der Waals surface area contributed by atoms with Crippen molar-refractivity contribution >= 4 is 58.3 Å². The van der Waals surface area contributed by atoms with Gasteiger partial charge in [-0.1, -0.05) is 23.2 Å². The minimum atomic E-state index is -1.33. The molecule has 2 amide bonds. The number of aliphatic hydroxyl groups is 2. The summed E-state index contributed by atoms with van der Waals surface area (Å²) in [5.41, 5.74) is 18.5. The van der Waals surface area contributed by atoms with E-state index in [2.05, 4.69) is 52.7 Å². The number of anilines is 1. The van der Waals surface area contributed by atoms with Crippen LogP contribution in [0.4, 0.5) is 5.82 Å². The van der Waals surface area contributed by atoms with E-state index in [1.54, 1.807) is 29.2 Å². The number of nitrogens with zero attached hydrogens (tertiary/aromatic N) is 9. The van der Waals surface area contributed by atoms with Crippen molar-refractivity contribution in [1.82, 2.24) is 30.3 Å². The van der Waals surface area contributed by atoms with Crippen LogP contribution in [-0.2, 0) is 49.0 Å². The Hall–Kier alpha value is -5.94. The maximum absolute atomic E-state index is 12.5. The first-order chi connectivity index (χ1) is 33.1. The SMILES string of the molecule is [N-]=[N+]=NCCOCCOCCOCCNC(=O)c1ccc(/C=N\NC(=O)CCCCC#CC[S+](CCC(N)OC=O)C[C@H]2O[C@@H](n3cnc4c(N5CCC[C@H]5C(=O)O)ncnc43)[C@@H](O)C2O)cc1. The van der Waals surface area contributed by atoms with Gasteiger partial charge in [0.05, 0.1) is 52.2 Å². The summed E-state index contributed by atoms with van der Waals surface area (Å²) < 4.78 is 28.7. The van der Waals surface area contributed by atoms with E-state index in [1.807, 2.05) is 0 Å². The molecule has 3 aromatic rings. The van der Waals surface area contributed by atoms with Crippen molar-refractivity contribution in [3.8, 4) is 11.8 Å². The lowest BCUT2D eigenvalue weighted by molar-refractivity contribution is -0.138. The Labute approximate surface area is 395 Å². The fourth-order valence-electron chi connectivity index (χ4n) is 7.21. The number of amides is 2. The average molecular weight is 968 g/mol. The van der Waals surface area contributed by atoms with E-state index >= 15 is 0 Å². The summed E-state index contributed by atoms with van der Waals surface area (Å²) in [7, 11) is -0.497. The van der Waals surface area contributed by atoms with Crippen molar-refractivity contribution in [2.45, 2.75) is 81.8 Å². The summed E-state index contributed by atoms with van der Waals surface area (Å²) in [5.74, 6) is 6.52. The Kier molecular flexibility index (Phi) is 22.7. The van der Waals surface area contributed by atoms with E-state index in [0.29, 0.717) is 143 Å². The first kappa shape index (κ1) is 53.0. The predicted octanol–water partition coefficient (Wildman–Crippen LogP) is 0.769. The number of unbranched alkanes of at least 4 members (excludes halogenated alkanes) is 2. The van der Waals surface area contributed by atoms with Gasteiger partial charge in [-0.3, -0.25) is 24.7 Å². The van der Waals surface area contributed by atoms with Crippen molar-refractivity contribution in [3.63, 3.8) is 0 Å². The Balaban J connectivity index is 0.994. The number of ether oxygens (including phenoxy) is 5. The van der Waals surface area contributed by atoms with E-state index in [4.69, 9.17) is 34.9 Å². The van der Waals surface area contributed by atoms with Gasteiger partial charge in [-0.25, -0.2) is 25.2 Å². The molecule has 2 aliphatic rings. The van der Waals surface area contributed by atoms with E-state index in [0.717, 1.165) is 0 Å². The Morgan fingerprint density at radius 1 is 1.04 bits per heavy atom. The normalized spacial score (nSPS) is 19.8. The molecule has 24 nitrogen and oxygen atoms in total. The number of carbonyl (C=O) groups excluding carboxylic acids is 3. The molecule has 7 atom stereocenters.